The molecular formula is C21H39F3IN5O. The summed E-state index contributed by atoms with van der Waals surface area (Å²) in [7, 11) is 3.60. The number of halogens is 4. The summed E-state index contributed by atoms with van der Waals surface area (Å²) in [6.07, 6.45) is 2.27. The number of carbonyl (C=O) groups is 1. The van der Waals surface area contributed by atoms with Gasteiger partial charge in [-0.1, -0.05) is 12.8 Å². The summed E-state index contributed by atoms with van der Waals surface area (Å²) in [5, 5.41) is 6.59. The minimum atomic E-state index is -4.11. The second-order valence-corrected chi connectivity index (χ2v) is 8.93. The number of nitrogens with zero attached hydrogens (tertiary/aromatic N) is 3. The van der Waals surface area contributed by atoms with Gasteiger partial charge in [0.25, 0.3) is 0 Å². The van der Waals surface area contributed by atoms with Crippen molar-refractivity contribution in [2.24, 2.45) is 16.3 Å². The number of guanidine groups is 1. The number of carbonyl (C=O) groups excluding carboxylic acids is 1. The Morgan fingerprint density at radius 3 is 2.29 bits per heavy atom. The van der Waals surface area contributed by atoms with Crippen molar-refractivity contribution in [2.45, 2.75) is 58.0 Å². The standard InChI is InChI=1S/C21H38F3N5O.HI/c1-4-25-19(27-15-20(10-5-6-11-20)18(30)28(2)3)26-12-7-17-8-13-29(14-9-17)16-21(22,23)24;/h17H,4-16H2,1-3H3,(H2,25,26,27);1H. The molecule has 2 rings (SSSR count). The Morgan fingerprint density at radius 1 is 1.16 bits per heavy atom. The molecule has 1 saturated heterocycles. The van der Waals surface area contributed by atoms with Crippen LogP contribution >= 0.6 is 24.0 Å². The number of hydrogen-bond donors (Lipinski definition) is 2. The highest BCUT2D eigenvalue weighted by atomic mass is 127. The highest BCUT2D eigenvalue weighted by molar-refractivity contribution is 14.0. The summed E-state index contributed by atoms with van der Waals surface area (Å²) in [5.74, 6) is 1.30. The molecule has 31 heavy (non-hydrogen) atoms. The normalized spacial score (nSPS) is 20.3. The molecule has 0 atom stereocenters. The third-order valence-electron chi connectivity index (χ3n) is 6.26. The average Bonchev–Trinajstić information content (AvgIpc) is 3.15. The summed E-state index contributed by atoms with van der Waals surface area (Å²) >= 11 is 0. The zero-order chi connectivity index (χ0) is 22.2. The zero-order valence-corrected chi connectivity index (χ0v) is 21.4. The van der Waals surface area contributed by atoms with Crippen LogP contribution in [0.25, 0.3) is 0 Å². The van der Waals surface area contributed by atoms with E-state index in [1.54, 1.807) is 19.0 Å². The fourth-order valence-corrected chi connectivity index (χ4v) is 4.62. The first-order valence-electron chi connectivity index (χ1n) is 11.2. The van der Waals surface area contributed by atoms with E-state index in [1.807, 2.05) is 6.92 Å². The highest BCUT2D eigenvalue weighted by Crippen LogP contribution is 2.39. The number of hydrogen-bond acceptors (Lipinski definition) is 3. The molecule has 0 aromatic carbocycles. The fraction of sp³-hybridized carbons (Fsp3) is 0.905. The van der Waals surface area contributed by atoms with Crippen LogP contribution in [0.5, 0.6) is 0 Å². The molecular weight excluding hydrogens is 522 g/mol. The van der Waals surface area contributed by atoms with E-state index in [0.29, 0.717) is 31.5 Å². The summed E-state index contributed by atoms with van der Waals surface area (Å²) in [6.45, 7) is 4.16. The van der Waals surface area contributed by atoms with Crippen molar-refractivity contribution < 1.29 is 18.0 Å². The first-order chi connectivity index (χ1) is 14.1. The van der Waals surface area contributed by atoms with Gasteiger partial charge >= 0.3 is 6.18 Å². The molecule has 0 aromatic rings. The molecule has 0 aromatic heterocycles. The number of nitrogens with one attached hydrogen (secondary N) is 2. The maximum absolute atomic E-state index is 12.7. The molecule has 0 spiro atoms. The molecule has 2 fully saturated rings. The second-order valence-electron chi connectivity index (χ2n) is 8.93. The minimum Gasteiger partial charge on any atom is -0.357 e. The maximum Gasteiger partial charge on any atom is 0.401 e. The van der Waals surface area contributed by atoms with E-state index in [9.17, 15) is 18.0 Å². The van der Waals surface area contributed by atoms with Crippen molar-refractivity contribution in [1.82, 2.24) is 20.4 Å². The van der Waals surface area contributed by atoms with Gasteiger partial charge in [0, 0.05) is 27.2 Å². The Kier molecular flexibility index (Phi) is 11.9. The van der Waals surface area contributed by atoms with Gasteiger partial charge in [0.2, 0.25) is 5.91 Å². The van der Waals surface area contributed by atoms with E-state index in [0.717, 1.165) is 58.0 Å². The largest absolute Gasteiger partial charge is 0.401 e. The van der Waals surface area contributed by atoms with Gasteiger partial charge in [0.15, 0.2) is 5.96 Å². The molecule has 2 aliphatic rings. The first kappa shape index (κ1) is 28.3. The van der Waals surface area contributed by atoms with Crippen LogP contribution in [0.15, 0.2) is 4.99 Å². The molecule has 6 nitrogen and oxygen atoms in total. The van der Waals surface area contributed by atoms with Crippen molar-refractivity contribution in [1.29, 1.82) is 0 Å². The maximum atomic E-state index is 12.7. The van der Waals surface area contributed by atoms with Crippen LogP contribution in [0.3, 0.4) is 0 Å². The number of aliphatic imine (C=N–C) groups is 1. The summed E-state index contributed by atoms with van der Waals surface area (Å²) in [6, 6.07) is 0. The molecule has 1 saturated carbocycles. The number of amides is 1. The van der Waals surface area contributed by atoms with Crippen molar-refractivity contribution in [3.05, 3.63) is 0 Å². The molecule has 1 aliphatic carbocycles. The number of likely N-dealkylation sites (tertiary alicyclic amines) is 1. The summed E-state index contributed by atoms with van der Waals surface area (Å²) < 4.78 is 37.5. The zero-order valence-electron chi connectivity index (χ0n) is 19.1. The molecule has 0 unspecified atom stereocenters. The van der Waals surface area contributed by atoms with Gasteiger partial charge in [0.05, 0.1) is 18.5 Å². The fourth-order valence-electron chi connectivity index (χ4n) is 4.62. The lowest BCUT2D eigenvalue weighted by Crippen LogP contribution is -2.43. The Morgan fingerprint density at radius 2 is 1.77 bits per heavy atom. The van der Waals surface area contributed by atoms with Gasteiger partial charge in [-0.25, -0.2) is 0 Å². The van der Waals surface area contributed by atoms with Crippen molar-refractivity contribution in [3.63, 3.8) is 0 Å². The molecule has 1 amide bonds. The van der Waals surface area contributed by atoms with Crippen LogP contribution < -0.4 is 10.6 Å². The number of alkyl halides is 3. The van der Waals surface area contributed by atoms with E-state index >= 15 is 0 Å². The monoisotopic (exact) mass is 561 g/mol. The van der Waals surface area contributed by atoms with E-state index < -0.39 is 18.1 Å². The lowest BCUT2D eigenvalue weighted by molar-refractivity contribution is -0.148. The van der Waals surface area contributed by atoms with Gasteiger partial charge in [-0.05, 0) is 58.0 Å². The lowest BCUT2D eigenvalue weighted by atomic mass is 9.85. The molecule has 0 bridgehead atoms. The van der Waals surface area contributed by atoms with Crippen molar-refractivity contribution >= 4 is 35.8 Å². The van der Waals surface area contributed by atoms with Crippen LogP contribution in [-0.2, 0) is 4.79 Å². The van der Waals surface area contributed by atoms with Crippen LogP contribution in [0.2, 0.25) is 0 Å². The lowest BCUT2D eigenvalue weighted by Gasteiger charge is -2.32. The summed E-state index contributed by atoms with van der Waals surface area (Å²) in [5.41, 5.74) is -0.392. The Bertz CT molecular complexity index is 572. The molecule has 182 valence electrons. The Hall–Kier alpha value is -0.780. The van der Waals surface area contributed by atoms with Crippen molar-refractivity contribution in [2.75, 3.05) is 53.4 Å². The number of rotatable bonds is 8. The minimum absolute atomic E-state index is 0. The number of piperidine rings is 1. The van der Waals surface area contributed by atoms with Crippen LogP contribution in [-0.4, -0.2) is 81.2 Å². The highest BCUT2D eigenvalue weighted by Gasteiger charge is 2.42. The third kappa shape index (κ3) is 9.31. The molecule has 0 radical (unpaired) electrons. The quantitative estimate of drug-likeness (QED) is 0.271. The Labute approximate surface area is 201 Å². The smallest absolute Gasteiger partial charge is 0.357 e. The molecule has 1 aliphatic heterocycles. The third-order valence-corrected chi connectivity index (χ3v) is 6.26. The molecule has 1 heterocycles. The SMILES string of the molecule is CCNC(=NCC1(C(=O)N(C)C)CCCC1)NCCC1CCN(CC(F)(F)F)CC1.I. The molecule has 2 N–H and O–H groups in total. The van der Waals surface area contributed by atoms with Gasteiger partial charge in [-0.2, -0.15) is 13.2 Å². The van der Waals surface area contributed by atoms with E-state index in [1.165, 1.54) is 4.90 Å². The van der Waals surface area contributed by atoms with Crippen LogP contribution in [0.4, 0.5) is 13.2 Å². The van der Waals surface area contributed by atoms with Crippen LogP contribution in [0.1, 0.15) is 51.9 Å². The summed E-state index contributed by atoms with van der Waals surface area (Å²) in [4.78, 5) is 20.6. The van der Waals surface area contributed by atoms with E-state index in [2.05, 4.69) is 10.6 Å². The van der Waals surface area contributed by atoms with Gasteiger partial charge in [-0.3, -0.25) is 14.7 Å². The van der Waals surface area contributed by atoms with Crippen LogP contribution in [0, 0.1) is 11.3 Å². The molecule has 10 heteroatoms. The Balaban J connectivity index is 0.00000480. The predicted octanol–water partition coefficient (Wildman–Crippen LogP) is 3.47. The van der Waals surface area contributed by atoms with E-state index in [-0.39, 0.29) is 29.9 Å². The van der Waals surface area contributed by atoms with Crippen molar-refractivity contribution in [3.8, 4) is 0 Å². The second kappa shape index (κ2) is 13.1. The van der Waals surface area contributed by atoms with Gasteiger partial charge < -0.3 is 15.5 Å². The topological polar surface area (TPSA) is 60.0 Å². The first-order valence-corrected chi connectivity index (χ1v) is 11.2. The average molecular weight is 561 g/mol. The van der Waals surface area contributed by atoms with Gasteiger partial charge in [-0.15, -0.1) is 24.0 Å². The predicted molar refractivity (Wildman–Crippen MR) is 129 cm³/mol. The van der Waals surface area contributed by atoms with Gasteiger partial charge in [0.1, 0.15) is 0 Å². The van der Waals surface area contributed by atoms with E-state index in [4.69, 9.17) is 4.99 Å².